The van der Waals surface area contributed by atoms with E-state index in [1.165, 1.54) is 24.0 Å². The van der Waals surface area contributed by atoms with Gasteiger partial charge in [-0.3, -0.25) is 0 Å². The summed E-state index contributed by atoms with van der Waals surface area (Å²) in [7, 11) is 3.58. The van der Waals surface area contributed by atoms with Gasteiger partial charge < -0.3 is 19.3 Å². The lowest BCUT2D eigenvalue weighted by Crippen LogP contribution is -2.66. The summed E-state index contributed by atoms with van der Waals surface area (Å²) in [5.74, 6) is 3.37. The van der Waals surface area contributed by atoms with Crippen molar-refractivity contribution in [2.75, 3.05) is 14.2 Å². The molecule has 31 heavy (non-hydrogen) atoms. The van der Waals surface area contributed by atoms with Gasteiger partial charge in [-0.1, -0.05) is 33.3 Å². The van der Waals surface area contributed by atoms with Crippen LogP contribution in [-0.4, -0.2) is 36.6 Å². The Morgan fingerprint density at radius 1 is 1.06 bits per heavy atom. The number of aliphatic hydroxyl groups is 1. The average Bonchev–Trinajstić information content (AvgIpc) is 3.10. The summed E-state index contributed by atoms with van der Waals surface area (Å²) in [6, 6.07) is 4.38. The summed E-state index contributed by atoms with van der Waals surface area (Å²) in [5.41, 5.74) is 1.20. The highest BCUT2D eigenvalue weighted by molar-refractivity contribution is 5.56. The van der Waals surface area contributed by atoms with E-state index in [0.29, 0.717) is 17.8 Å². The van der Waals surface area contributed by atoms with Gasteiger partial charge in [0.2, 0.25) is 0 Å². The van der Waals surface area contributed by atoms with E-state index in [9.17, 15) is 5.11 Å². The van der Waals surface area contributed by atoms with Gasteiger partial charge in [0, 0.05) is 24.5 Å². The van der Waals surface area contributed by atoms with Crippen LogP contribution in [0.15, 0.2) is 12.1 Å². The summed E-state index contributed by atoms with van der Waals surface area (Å²) >= 11 is 0. The third-order valence-corrected chi connectivity index (χ3v) is 9.78. The van der Waals surface area contributed by atoms with E-state index in [2.05, 4.69) is 32.9 Å². The lowest BCUT2D eigenvalue weighted by atomic mass is 9.52. The first kappa shape index (κ1) is 21.6. The molecule has 4 heteroatoms. The number of ether oxygens (including phenoxy) is 3. The Bertz CT molecular complexity index is 854. The van der Waals surface area contributed by atoms with Gasteiger partial charge >= 0.3 is 0 Å². The highest BCUT2D eigenvalue weighted by atomic mass is 16.6. The number of hydrogen-bond donors (Lipinski definition) is 1. The molecule has 1 heterocycles. The van der Waals surface area contributed by atoms with Gasteiger partial charge in [0.15, 0.2) is 11.5 Å². The molecule has 1 N–H and O–H groups in total. The Balaban J connectivity index is 1.74. The molecule has 0 aromatic heterocycles. The van der Waals surface area contributed by atoms with Crippen molar-refractivity contribution in [3.05, 3.63) is 23.3 Å². The minimum Gasteiger partial charge on any atom is -0.493 e. The van der Waals surface area contributed by atoms with Crippen molar-refractivity contribution < 1.29 is 19.3 Å². The zero-order valence-corrected chi connectivity index (χ0v) is 20.2. The van der Waals surface area contributed by atoms with Crippen LogP contribution in [0.4, 0.5) is 0 Å². The lowest BCUT2D eigenvalue weighted by molar-refractivity contribution is -0.231. The predicted octanol–water partition coefficient (Wildman–Crippen LogP) is 5.49. The van der Waals surface area contributed by atoms with Crippen LogP contribution < -0.4 is 9.47 Å². The maximum Gasteiger partial charge on any atom is 0.165 e. The molecule has 6 aliphatic carbocycles. The molecule has 7 atom stereocenters. The van der Waals surface area contributed by atoms with Gasteiger partial charge in [-0.05, 0) is 74.3 Å². The fourth-order valence-corrected chi connectivity index (χ4v) is 7.53. The highest BCUT2D eigenvalue weighted by Crippen LogP contribution is 2.61. The number of methoxy groups -OCH3 is 2. The van der Waals surface area contributed by atoms with E-state index >= 15 is 0 Å². The molecule has 7 aliphatic rings. The summed E-state index contributed by atoms with van der Waals surface area (Å²) in [4.78, 5) is 0. The molecule has 0 amide bonds. The molecule has 8 rings (SSSR count). The smallest absolute Gasteiger partial charge is 0.165 e. The Labute approximate surface area is 187 Å². The highest BCUT2D eigenvalue weighted by Gasteiger charge is 2.63. The van der Waals surface area contributed by atoms with E-state index in [4.69, 9.17) is 14.2 Å². The molecular formula is C27H40O4. The third-order valence-electron chi connectivity index (χ3n) is 9.78. The molecule has 0 radical (unpaired) electrons. The van der Waals surface area contributed by atoms with Crippen LogP contribution in [0, 0.1) is 23.2 Å². The van der Waals surface area contributed by atoms with Gasteiger partial charge in [-0.2, -0.15) is 0 Å². The molecule has 4 nitrogen and oxygen atoms in total. The molecule has 172 valence electrons. The van der Waals surface area contributed by atoms with Crippen LogP contribution in [0.5, 0.6) is 11.5 Å². The molecular weight excluding hydrogens is 388 g/mol. The van der Waals surface area contributed by atoms with Gasteiger partial charge in [-0.25, -0.2) is 0 Å². The lowest BCUT2D eigenvalue weighted by Gasteiger charge is -2.58. The van der Waals surface area contributed by atoms with Crippen LogP contribution in [0.2, 0.25) is 0 Å². The van der Waals surface area contributed by atoms with E-state index in [-0.39, 0.29) is 17.4 Å². The second-order valence-corrected chi connectivity index (χ2v) is 11.9. The fraction of sp³-hybridized carbons (Fsp3) is 0.778. The third kappa shape index (κ3) is 2.93. The van der Waals surface area contributed by atoms with Crippen LogP contribution >= 0.6 is 0 Å². The quantitative estimate of drug-likeness (QED) is 0.691. The Morgan fingerprint density at radius 2 is 1.84 bits per heavy atom. The maximum absolute atomic E-state index is 12.1. The standard InChI is InChI=1S/C27H40O4/c1-25(2,3)26(4,28)21-15-17-12-13-27(21,30-6)24-19-9-7-8-16(17)14-18-10-11-20(29-5)23(31-24)22(18)19/h10-11,16-17,19,21,24,28H,7-9,12-15H2,1-6H3/t16-,17?,19-,21-,24-,26?,27-/m1/s1. The topological polar surface area (TPSA) is 47.9 Å². The number of rotatable bonds is 3. The van der Waals surface area contributed by atoms with Crippen molar-refractivity contribution in [2.24, 2.45) is 23.2 Å². The maximum atomic E-state index is 12.1. The molecule has 1 aromatic carbocycles. The first-order chi connectivity index (χ1) is 14.6. The monoisotopic (exact) mass is 428 g/mol. The van der Waals surface area contributed by atoms with Crippen molar-refractivity contribution >= 4 is 0 Å². The Hall–Kier alpha value is -1.26. The van der Waals surface area contributed by atoms with Gasteiger partial charge in [0.1, 0.15) is 11.7 Å². The van der Waals surface area contributed by atoms with Gasteiger partial charge in [0.05, 0.1) is 12.7 Å². The molecule has 1 aromatic rings. The minimum absolute atomic E-state index is 0.0266. The summed E-state index contributed by atoms with van der Waals surface area (Å²) in [6.45, 7) is 8.53. The van der Waals surface area contributed by atoms with Crippen LogP contribution in [0.25, 0.3) is 0 Å². The zero-order chi connectivity index (χ0) is 22.2. The molecule has 0 spiro atoms. The van der Waals surface area contributed by atoms with E-state index in [0.717, 1.165) is 43.6 Å². The molecule has 3 saturated carbocycles. The Kier molecular flexibility index (Phi) is 4.95. The van der Waals surface area contributed by atoms with Crippen LogP contribution in [-0.2, 0) is 11.2 Å². The van der Waals surface area contributed by atoms with Crippen LogP contribution in [0.3, 0.4) is 0 Å². The van der Waals surface area contributed by atoms with Gasteiger partial charge in [0.25, 0.3) is 0 Å². The van der Waals surface area contributed by atoms with E-state index in [1.807, 2.05) is 14.0 Å². The molecule has 6 bridgehead atoms. The Morgan fingerprint density at radius 3 is 2.52 bits per heavy atom. The predicted molar refractivity (Wildman–Crippen MR) is 122 cm³/mol. The fourth-order valence-electron chi connectivity index (χ4n) is 7.53. The number of benzene rings is 1. The largest absolute Gasteiger partial charge is 0.493 e. The normalized spacial score (nSPS) is 38.4. The summed E-state index contributed by atoms with van der Waals surface area (Å²) in [6.07, 6.45) is 7.79. The SMILES string of the molecule is COc1ccc2c3c1O[C@@H]1[C@@H]3CCC[C@H](C2)C2CC[C@@]1(OC)[C@@H](C(C)(O)C(C)(C)C)C2. The molecule has 2 unspecified atom stereocenters. The van der Waals surface area contributed by atoms with Crippen molar-refractivity contribution in [3.63, 3.8) is 0 Å². The van der Waals surface area contributed by atoms with E-state index < -0.39 is 11.2 Å². The first-order valence-corrected chi connectivity index (χ1v) is 12.3. The molecule has 1 aliphatic heterocycles. The summed E-state index contributed by atoms with van der Waals surface area (Å²) < 4.78 is 19.2. The minimum atomic E-state index is -0.861. The second kappa shape index (κ2) is 7.12. The van der Waals surface area contributed by atoms with Crippen molar-refractivity contribution in [2.45, 2.75) is 95.9 Å². The first-order valence-electron chi connectivity index (χ1n) is 12.3. The van der Waals surface area contributed by atoms with Crippen molar-refractivity contribution in [1.29, 1.82) is 0 Å². The second-order valence-electron chi connectivity index (χ2n) is 11.9. The number of hydrogen-bond acceptors (Lipinski definition) is 4. The van der Waals surface area contributed by atoms with Gasteiger partial charge in [-0.15, -0.1) is 0 Å². The van der Waals surface area contributed by atoms with Crippen molar-refractivity contribution in [1.82, 2.24) is 0 Å². The van der Waals surface area contributed by atoms with Crippen molar-refractivity contribution in [3.8, 4) is 11.5 Å². The average molecular weight is 429 g/mol. The molecule has 3 fully saturated rings. The zero-order valence-electron chi connectivity index (χ0n) is 20.2. The molecule has 0 saturated heterocycles. The van der Waals surface area contributed by atoms with E-state index in [1.54, 1.807) is 7.11 Å². The van der Waals surface area contributed by atoms with Crippen LogP contribution in [0.1, 0.15) is 83.3 Å². The summed E-state index contributed by atoms with van der Waals surface area (Å²) in [5, 5.41) is 12.1.